The number of anilines is 1. The van der Waals surface area contributed by atoms with E-state index in [1.54, 1.807) is 7.11 Å². The van der Waals surface area contributed by atoms with Crippen molar-refractivity contribution in [2.75, 3.05) is 51.3 Å². The van der Waals surface area contributed by atoms with Gasteiger partial charge in [-0.25, -0.2) is 4.98 Å². The van der Waals surface area contributed by atoms with Crippen molar-refractivity contribution >= 4 is 28.5 Å². The third kappa shape index (κ3) is 4.58. The highest BCUT2D eigenvalue weighted by atomic mass is 16.5. The van der Waals surface area contributed by atoms with Crippen LogP contribution in [-0.4, -0.2) is 77.5 Å². The molecule has 34 heavy (non-hydrogen) atoms. The first-order valence-corrected chi connectivity index (χ1v) is 12.0. The Balaban J connectivity index is 1.27. The molecule has 2 saturated heterocycles. The molecule has 2 amide bonds. The number of hydrogen-bond donors (Lipinski definition) is 0. The van der Waals surface area contributed by atoms with Crippen molar-refractivity contribution in [3.05, 3.63) is 54.4 Å². The van der Waals surface area contributed by atoms with Crippen LogP contribution >= 0.6 is 0 Å². The molecule has 8 nitrogen and oxygen atoms in total. The Kier molecular flexibility index (Phi) is 6.38. The second-order valence-corrected chi connectivity index (χ2v) is 8.93. The van der Waals surface area contributed by atoms with Crippen LogP contribution in [0.4, 0.5) is 5.69 Å². The minimum absolute atomic E-state index is 0.0624. The van der Waals surface area contributed by atoms with Gasteiger partial charge in [-0.3, -0.25) is 9.59 Å². The highest BCUT2D eigenvalue weighted by Gasteiger charge is 2.25. The maximum absolute atomic E-state index is 13.3. The van der Waals surface area contributed by atoms with Crippen LogP contribution in [0, 0.1) is 0 Å². The minimum atomic E-state index is 0.0624. The summed E-state index contributed by atoms with van der Waals surface area (Å²) in [5.74, 6) is 1.66. The number of carbonyl (C=O) groups is 2. The van der Waals surface area contributed by atoms with E-state index in [4.69, 9.17) is 9.72 Å². The predicted molar refractivity (Wildman–Crippen MR) is 131 cm³/mol. The number of ether oxygens (including phenoxy) is 1. The van der Waals surface area contributed by atoms with Crippen LogP contribution in [0.15, 0.2) is 48.5 Å². The summed E-state index contributed by atoms with van der Waals surface area (Å²) in [7, 11) is 1.66. The number of methoxy groups -OCH3 is 1. The number of likely N-dealkylation sites (tertiary alicyclic amines) is 1. The van der Waals surface area contributed by atoms with Crippen molar-refractivity contribution < 1.29 is 14.3 Å². The highest BCUT2D eigenvalue weighted by Crippen LogP contribution is 2.22. The maximum atomic E-state index is 13.3. The van der Waals surface area contributed by atoms with Gasteiger partial charge < -0.3 is 24.0 Å². The second kappa shape index (κ2) is 9.75. The summed E-state index contributed by atoms with van der Waals surface area (Å²) in [6, 6.07) is 15.8. The van der Waals surface area contributed by atoms with Crippen molar-refractivity contribution in [2.24, 2.45) is 0 Å². The summed E-state index contributed by atoms with van der Waals surface area (Å²) in [4.78, 5) is 36.9. The fourth-order valence-corrected chi connectivity index (χ4v) is 4.89. The van der Waals surface area contributed by atoms with Gasteiger partial charge in [0.25, 0.3) is 0 Å². The molecule has 0 aliphatic carbocycles. The van der Waals surface area contributed by atoms with Crippen LogP contribution < -0.4 is 9.64 Å². The first-order valence-electron chi connectivity index (χ1n) is 12.0. The average Bonchev–Trinajstić information content (AvgIpc) is 3.53. The van der Waals surface area contributed by atoms with Gasteiger partial charge in [-0.05, 0) is 49.2 Å². The van der Waals surface area contributed by atoms with Gasteiger partial charge in [-0.2, -0.15) is 0 Å². The van der Waals surface area contributed by atoms with E-state index in [0.29, 0.717) is 18.9 Å². The number of amides is 2. The van der Waals surface area contributed by atoms with E-state index >= 15 is 0 Å². The van der Waals surface area contributed by atoms with Crippen molar-refractivity contribution in [1.29, 1.82) is 0 Å². The third-order valence-electron chi connectivity index (χ3n) is 6.87. The molecule has 178 valence electrons. The number of carbonyl (C=O) groups excluding carboxylic acids is 2. The standard InChI is InChI=1S/C26H31N5O3/c1-34-21-10-8-20(9-11-21)28-14-16-30(17-15-28)26(33)19-31-23-7-3-2-6-22(23)27-24(31)18-25(32)29-12-4-5-13-29/h2-3,6-11H,4-5,12-19H2,1H3. The van der Waals surface area contributed by atoms with E-state index in [0.717, 1.165) is 61.5 Å². The van der Waals surface area contributed by atoms with E-state index in [9.17, 15) is 9.59 Å². The molecule has 2 fully saturated rings. The van der Waals surface area contributed by atoms with Crippen LogP contribution in [0.2, 0.25) is 0 Å². The van der Waals surface area contributed by atoms with E-state index < -0.39 is 0 Å². The van der Waals surface area contributed by atoms with Crippen LogP contribution in [-0.2, 0) is 22.6 Å². The lowest BCUT2D eigenvalue weighted by molar-refractivity contribution is -0.132. The molecule has 2 aliphatic rings. The smallest absolute Gasteiger partial charge is 0.242 e. The van der Waals surface area contributed by atoms with Crippen molar-refractivity contribution in [3.8, 4) is 5.75 Å². The molecule has 3 heterocycles. The Labute approximate surface area is 199 Å². The Bertz CT molecular complexity index is 1160. The molecule has 0 N–H and O–H groups in total. The normalized spacial score (nSPS) is 16.3. The van der Waals surface area contributed by atoms with Crippen LogP contribution in [0.3, 0.4) is 0 Å². The van der Waals surface area contributed by atoms with Gasteiger partial charge in [-0.1, -0.05) is 12.1 Å². The largest absolute Gasteiger partial charge is 0.497 e. The van der Waals surface area contributed by atoms with E-state index in [1.165, 1.54) is 0 Å². The van der Waals surface area contributed by atoms with Crippen LogP contribution in [0.1, 0.15) is 18.7 Å². The summed E-state index contributed by atoms with van der Waals surface area (Å²) in [6.45, 7) is 4.73. The summed E-state index contributed by atoms with van der Waals surface area (Å²) in [5, 5.41) is 0. The molecule has 5 rings (SSSR count). The Morgan fingerprint density at radius 3 is 2.24 bits per heavy atom. The first-order chi connectivity index (χ1) is 16.6. The zero-order valence-corrected chi connectivity index (χ0v) is 19.7. The molecular weight excluding hydrogens is 430 g/mol. The molecule has 0 atom stereocenters. The predicted octanol–water partition coefficient (Wildman–Crippen LogP) is 2.56. The average molecular weight is 462 g/mol. The molecule has 0 saturated carbocycles. The van der Waals surface area contributed by atoms with Gasteiger partial charge in [0.2, 0.25) is 11.8 Å². The number of nitrogens with zero attached hydrogens (tertiary/aromatic N) is 5. The van der Waals surface area contributed by atoms with Gasteiger partial charge in [0.1, 0.15) is 18.1 Å². The highest BCUT2D eigenvalue weighted by molar-refractivity contribution is 5.84. The zero-order chi connectivity index (χ0) is 23.5. The molecule has 1 aromatic heterocycles. The second-order valence-electron chi connectivity index (χ2n) is 8.93. The number of hydrogen-bond acceptors (Lipinski definition) is 5. The van der Waals surface area contributed by atoms with Crippen molar-refractivity contribution in [1.82, 2.24) is 19.4 Å². The van der Waals surface area contributed by atoms with E-state index in [-0.39, 0.29) is 24.8 Å². The number of fused-ring (bicyclic) bond motifs is 1. The summed E-state index contributed by atoms with van der Waals surface area (Å²) in [6.07, 6.45) is 2.35. The van der Waals surface area contributed by atoms with Gasteiger partial charge in [0, 0.05) is 45.0 Å². The summed E-state index contributed by atoms with van der Waals surface area (Å²) < 4.78 is 7.18. The third-order valence-corrected chi connectivity index (χ3v) is 6.87. The Morgan fingerprint density at radius 1 is 0.853 bits per heavy atom. The van der Waals surface area contributed by atoms with Crippen LogP contribution in [0.25, 0.3) is 11.0 Å². The number of imidazole rings is 1. The molecule has 0 unspecified atom stereocenters. The van der Waals surface area contributed by atoms with Gasteiger partial charge in [0.15, 0.2) is 0 Å². The van der Waals surface area contributed by atoms with E-state index in [1.807, 2.05) is 50.8 Å². The maximum Gasteiger partial charge on any atom is 0.242 e. The number of benzene rings is 2. The molecule has 8 heteroatoms. The quantitative estimate of drug-likeness (QED) is 0.564. The van der Waals surface area contributed by atoms with Crippen molar-refractivity contribution in [3.63, 3.8) is 0 Å². The summed E-state index contributed by atoms with van der Waals surface area (Å²) >= 11 is 0. The zero-order valence-electron chi connectivity index (χ0n) is 19.7. The SMILES string of the molecule is COc1ccc(N2CCN(C(=O)Cn3c(CC(=O)N4CCCC4)nc4ccccc43)CC2)cc1. The number of piperazine rings is 1. The fourth-order valence-electron chi connectivity index (χ4n) is 4.89. The fraction of sp³-hybridized carbons (Fsp3) is 0.423. The number of rotatable bonds is 6. The molecule has 3 aromatic rings. The van der Waals surface area contributed by atoms with Gasteiger partial charge in [-0.15, -0.1) is 0 Å². The lowest BCUT2D eigenvalue weighted by Crippen LogP contribution is -2.49. The lowest BCUT2D eigenvalue weighted by Gasteiger charge is -2.36. The first kappa shape index (κ1) is 22.3. The van der Waals surface area contributed by atoms with E-state index in [2.05, 4.69) is 17.0 Å². The minimum Gasteiger partial charge on any atom is -0.497 e. The van der Waals surface area contributed by atoms with Crippen molar-refractivity contribution in [2.45, 2.75) is 25.8 Å². The molecular formula is C26H31N5O3. The number of para-hydroxylation sites is 2. The Hall–Kier alpha value is -3.55. The summed E-state index contributed by atoms with van der Waals surface area (Å²) in [5.41, 5.74) is 2.86. The molecule has 2 aliphatic heterocycles. The molecule has 2 aromatic carbocycles. The topological polar surface area (TPSA) is 70.9 Å². The van der Waals surface area contributed by atoms with Crippen LogP contribution in [0.5, 0.6) is 5.75 Å². The molecule has 0 bridgehead atoms. The molecule has 0 spiro atoms. The Morgan fingerprint density at radius 2 is 1.53 bits per heavy atom. The van der Waals surface area contributed by atoms with Gasteiger partial charge >= 0.3 is 0 Å². The lowest BCUT2D eigenvalue weighted by atomic mass is 10.2. The van der Waals surface area contributed by atoms with Gasteiger partial charge in [0.05, 0.1) is 24.6 Å². The molecule has 0 radical (unpaired) electrons. The monoisotopic (exact) mass is 461 g/mol. The number of aromatic nitrogens is 2.